The van der Waals surface area contributed by atoms with Gasteiger partial charge in [-0.05, 0) is 56.3 Å². The minimum Gasteiger partial charge on any atom is -0.296 e. The van der Waals surface area contributed by atoms with Gasteiger partial charge in [0.25, 0.3) is 10.0 Å². The number of nitrogens with one attached hydrogen (secondary N) is 1. The molecule has 0 amide bonds. The summed E-state index contributed by atoms with van der Waals surface area (Å²) in [5.74, 6) is 0. The van der Waals surface area contributed by atoms with Crippen molar-refractivity contribution in [1.29, 1.82) is 0 Å². The van der Waals surface area contributed by atoms with E-state index in [2.05, 4.69) is 4.72 Å². The summed E-state index contributed by atoms with van der Waals surface area (Å²) >= 11 is 2.55. The van der Waals surface area contributed by atoms with Crippen LogP contribution in [0.5, 0.6) is 0 Å². The molecule has 0 bridgehead atoms. The van der Waals surface area contributed by atoms with Crippen molar-refractivity contribution in [2.24, 2.45) is 0 Å². The maximum Gasteiger partial charge on any atom is 0.308 e. The van der Waals surface area contributed by atoms with Crippen molar-refractivity contribution in [3.05, 3.63) is 82.5 Å². The average molecular weight is 457 g/mol. The van der Waals surface area contributed by atoms with Crippen LogP contribution >= 0.6 is 23.1 Å². The summed E-state index contributed by atoms with van der Waals surface area (Å²) in [5, 5.41) is 0. The van der Waals surface area contributed by atoms with Crippen LogP contribution in [0.2, 0.25) is 0 Å². The quantitative estimate of drug-likeness (QED) is 0.410. The van der Waals surface area contributed by atoms with Crippen LogP contribution in [0.1, 0.15) is 19.9 Å². The largest absolute Gasteiger partial charge is 0.308 e. The van der Waals surface area contributed by atoms with E-state index >= 15 is 0 Å². The summed E-state index contributed by atoms with van der Waals surface area (Å²) in [5.41, 5.74) is 1.26. The summed E-state index contributed by atoms with van der Waals surface area (Å²) < 4.78 is 31.2. The van der Waals surface area contributed by atoms with Crippen molar-refractivity contribution >= 4 is 49.0 Å². The lowest BCUT2D eigenvalue weighted by Crippen LogP contribution is -2.15. The number of fused-ring (bicyclic) bond motifs is 1. The smallest absolute Gasteiger partial charge is 0.296 e. The van der Waals surface area contributed by atoms with E-state index in [1.165, 1.54) is 11.8 Å². The number of para-hydroxylation sites is 1. The van der Waals surface area contributed by atoms with Crippen LogP contribution in [0.4, 0.5) is 5.69 Å². The number of rotatable bonds is 6. The number of sulfonamides is 1. The normalized spacial score (nSPS) is 11.8. The van der Waals surface area contributed by atoms with E-state index < -0.39 is 10.0 Å². The maximum atomic E-state index is 13.1. The molecule has 0 atom stereocenters. The van der Waals surface area contributed by atoms with Gasteiger partial charge in [-0.1, -0.05) is 53.4 Å². The fraction of sp³-hybridized carbons (Fsp3) is 0.136. The summed E-state index contributed by atoms with van der Waals surface area (Å²) in [6, 6.07) is 21.9. The molecule has 0 saturated heterocycles. The first kappa shape index (κ1) is 20.7. The van der Waals surface area contributed by atoms with Crippen molar-refractivity contribution in [2.75, 3.05) is 4.72 Å². The minimum atomic E-state index is -3.81. The second kappa shape index (κ2) is 8.29. The Kier molecular flexibility index (Phi) is 5.73. The predicted molar refractivity (Wildman–Crippen MR) is 124 cm³/mol. The maximum absolute atomic E-state index is 13.1. The first-order valence-corrected chi connectivity index (χ1v) is 12.5. The molecule has 154 valence electrons. The Bertz CT molecular complexity index is 1360. The lowest BCUT2D eigenvalue weighted by Gasteiger charge is -2.13. The minimum absolute atomic E-state index is 0.00807. The lowest BCUT2D eigenvalue weighted by atomic mass is 10.3. The number of benzene rings is 3. The van der Waals surface area contributed by atoms with E-state index in [-0.39, 0.29) is 15.8 Å². The molecular weight excluding hydrogens is 436 g/mol. The molecule has 5 nitrogen and oxygen atoms in total. The molecular formula is C22H20N2O3S3. The predicted octanol–water partition coefficient (Wildman–Crippen LogP) is 5.60. The summed E-state index contributed by atoms with van der Waals surface area (Å²) in [4.78, 5) is 14.1. The van der Waals surface area contributed by atoms with Crippen LogP contribution < -0.4 is 9.60 Å². The zero-order valence-electron chi connectivity index (χ0n) is 16.4. The number of nitrogens with zero attached hydrogens (tertiary/aromatic N) is 1. The highest BCUT2D eigenvalue weighted by atomic mass is 32.2. The number of anilines is 1. The van der Waals surface area contributed by atoms with Crippen LogP contribution in [0.25, 0.3) is 10.2 Å². The van der Waals surface area contributed by atoms with Gasteiger partial charge in [-0.3, -0.25) is 14.1 Å². The number of thiazole rings is 1. The molecule has 0 spiro atoms. The molecule has 0 radical (unpaired) electrons. The van der Waals surface area contributed by atoms with Gasteiger partial charge in [0, 0.05) is 15.8 Å². The Balaban J connectivity index is 1.68. The van der Waals surface area contributed by atoms with Crippen molar-refractivity contribution in [3.63, 3.8) is 0 Å². The average Bonchev–Trinajstić information content (AvgIpc) is 3.05. The number of hydrogen-bond acceptors (Lipinski definition) is 5. The molecule has 3 aromatic carbocycles. The molecule has 0 aliphatic heterocycles. The van der Waals surface area contributed by atoms with Gasteiger partial charge in [-0.15, -0.1) is 0 Å². The van der Waals surface area contributed by atoms with E-state index in [1.807, 2.05) is 56.3 Å². The van der Waals surface area contributed by atoms with Gasteiger partial charge < -0.3 is 0 Å². The molecule has 4 aromatic rings. The van der Waals surface area contributed by atoms with E-state index in [9.17, 15) is 13.2 Å². The van der Waals surface area contributed by atoms with Gasteiger partial charge in [-0.2, -0.15) is 0 Å². The first-order chi connectivity index (χ1) is 14.3. The van der Waals surface area contributed by atoms with Crippen molar-refractivity contribution < 1.29 is 8.42 Å². The van der Waals surface area contributed by atoms with Crippen molar-refractivity contribution in [1.82, 2.24) is 4.57 Å². The van der Waals surface area contributed by atoms with Gasteiger partial charge in [0.1, 0.15) is 0 Å². The van der Waals surface area contributed by atoms with Gasteiger partial charge >= 0.3 is 4.87 Å². The van der Waals surface area contributed by atoms with Gasteiger partial charge in [-0.25, -0.2) is 8.42 Å². The molecule has 8 heteroatoms. The zero-order valence-corrected chi connectivity index (χ0v) is 18.9. The third-order valence-electron chi connectivity index (χ3n) is 4.51. The van der Waals surface area contributed by atoms with E-state index in [0.29, 0.717) is 10.4 Å². The zero-order chi connectivity index (χ0) is 21.3. The fourth-order valence-electron chi connectivity index (χ4n) is 3.13. The van der Waals surface area contributed by atoms with Gasteiger partial charge in [0.05, 0.1) is 20.8 Å². The molecule has 0 aliphatic carbocycles. The lowest BCUT2D eigenvalue weighted by molar-refractivity contribution is 0.601. The molecule has 0 saturated carbocycles. The highest BCUT2D eigenvalue weighted by Crippen LogP contribution is 2.34. The van der Waals surface area contributed by atoms with Crippen LogP contribution in [0.15, 0.2) is 92.3 Å². The Morgan fingerprint density at radius 2 is 1.67 bits per heavy atom. The van der Waals surface area contributed by atoms with Gasteiger partial charge in [0.2, 0.25) is 0 Å². The molecule has 1 heterocycles. The summed E-state index contributed by atoms with van der Waals surface area (Å²) in [6.45, 7) is 3.86. The van der Waals surface area contributed by atoms with Crippen molar-refractivity contribution in [2.45, 2.75) is 34.6 Å². The summed E-state index contributed by atoms with van der Waals surface area (Å²) in [6.07, 6.45) is 0. The monoisotopic (exact) mass is 456 g/mol. The standard InChI is InChI=1S/C22H20N2O3S3/c1-15(2)24-19-13-12-17(14-21(19)29-22(24)25)30(26,27)23-18-10-6-7-11-20(18)28-16-8-4-3-5-9-16/h3-15,23H,1-2H3. The second-order valence-corrected chi connectivity index (χ2v) is 10.8. The van der Waals surface area contributed by atoms with E-state index in [0.717, 1.165) is 26.6 Å². The van der Waals surface area contributed by atoms with Crippen LogP contribution in [0.3, 0.4) is 0 Å². The highest BCUT2D eigenvalue weighted by molar-refractivity contribution is 7.99. The van der Waals surface area contributed by atoms with E-state index in [4.69, 9.17) is 0 Å². The molecule has 0 aliphatic rings. The molecule has 1 aromatic heterocycles. The van der Waals surface area contributed by atoms with Crippen LogP contribution in [-0.4, -0.2) is 13.0 Å². The Morgan fingerprint density at radius 1 is 0.967 bits per heavy atom. The molecule has 1 N–H and O–H groups in total. The Labute approximate surface area is 183 Å². The fourth-order valence-corrected chi connectivity index (χ4v) is 6.35. The first-order valence-electron chi connectivity index (χ1n) is 9.35. The molecule has 30 heavy (non-hydrogen) atoms. The molecule has 4 rings (SSSR count). The van der Waals surface area contributed by atoms with Gasteiger partial charge in [0.15, 0.2) is 0 Å². The van der Waals surface area contributed by atoms with Crippen LogP contribution in [-0.2, 0) is 10.0 Å². The Morgan fingerprint density at radius 3 is 2.40 bits per heavy atom. The van der Waals surface area contributed by atoms with E-state index in [1.54, 1.807) is 34.9 Å². The summed E-state index contributed by atoms with van der Waals surface area (Å²) in [7, 11) is -3.81. The highest BCUT2D eigenvalue weighted by Gasteiger charge is 2.19. The van der Waals surface area contributed by atoms with Crippen molar-refractivity contribution in [3.8, 4) is 0 Å². The number of hydrogen-bond donors (Lipinski definition) is 1. The second-order valence-electron chi connectivity index (χ2n) is 6.98. The Hall–Kier alpha value is -2.55. The number of aromatic nitrogens is 1. The molecule has 0 unspecified atom stereocenters. The molecule has 0 fully saturated rings. The third-order valence-corrected chi connectivity index (χ3v) is 7.88. The topological polar surface area (TPSA) is 68.2 Å². The van der Waals surface area contributed by atoms with Crippen LogP contribution in [0, 0.1) is 0 Å². The SMILES string of the molecule is CC(C)n1c(=O)sc2cc(S(=O)(=O)Nc3ccccc3Sc3ccccc3)ccc21. The third kappa shape index (κ3) is 4.16.